The van der Waals surface area contributed by atoms with Gasteiger partial charge in [0.05, 0.1) is 5.56 Å². The minimum Gasteiger partial charge on any atom is -0.478 e. The molecular weight excluding hydrogens is 252 g/mol. The topological polar surface area (TPSA) is 52.6 Å². The van der Waals surface area contributed by atoms with Crippen LogP contribution >= 0.6 is 0 Å². The second-order valence-corrected chi connectivity index (χ2v) is 5.71. The molecule has 0 aliphatic heterocycles. The lowest BCUT2D eigenvalue weighted by Gasteiger charge is -2.30. The molecule has 0 radical (unpaired) electrons. The van der Waals surface area contributed by atoms with Crippen molar-refractivity contribution in [1.82, 2.24) is 4.90 Å². The van der Waals surface area contributed by atoms with Gasteiger partial charge >= 0.3 is 5.97 Å². The maximum atomic E-state index is 11.2. The van der Waals surface area contributed by atoms with Gasteiger partial charge in [0.25, 0.3) is 0 Å². The number of nitrogens with zero attached hydrogens (tertiary/aromatic N) is 1. The van der Waals surface area contributed by atoms with Gasteiger partial charge in [-0.2, -0.15) is 0 Å². The number of hydrogen-bond acceptors (Lipinski definition) is 3. The summed E-state index contributed by atoms with van der Waals surface area (Å²) in [6.07, 6.45) is 0. The number of anilines is 1. The van der Waals surface area contributed by atoms with Gasteiger partial charge in [0.15, 0.2) is 0 Å². The van der Waals surface area contributed by atoms with Crippen molar-refractivity contribution in [2.45, 2.75) is 46.7 Å². The number of aryl methyl sites for hydroxylation is 1. The first-order valence-electron chi connectivity index (χ1n) is 7.16. The maximum absolute atomic E-state index is 11.2. The molecule has 0 amide bonds. The molecule has 112 valence electrons. The molecule has 0 atom stereocenters. The maximum Gasteiger partial charge on any atom is 0.337 e. The van der Waals surface area contributed by atoms with Crippen molar-refractivity contribution in [1.29, 1.82) is 0 Å². The summed E-state index contributed by atoms with van der Waals surface area (Å²) < 4.78 is 0. The molecule has 1 aromatic carbocycles. The van der Waals surface area contributed by atoms with Crippen molar-refractivity contribution in [2.24, 2.45) is 0 Å². The van der Waals surface area contributed by atoms with E-state index in [1.165, 1.54) is 0 Å². The van der Waals surface area contributed by atoms with Gasteiger partial charge in [0.2, 0.25) is 0 Å². The van der Waals surface area contributed by atoms with E-state index in [1.807, 2.05) is 19.1 Å². The highest BCUT2D eigenvalue weighted by Gasteiger charge is 2.14. The second-order valence-electron chi connectivity index (χ2n) is 5.71. The van der Waals surface area contributed by atoms with E-state index in [2.05, 4.69) is 37.9 Å². The van der Waals surface area contributed by atoms with Crippen LogP contribution in [0.3, 0.4) is 0 Å². The molecule has 0 aromatic heterocycles. The Labute approximate surface area is 121 Å². The molecule has 1 aromatic rings. The van der Waals surface area contributed by atoms with E-state index >= 15 is 0 Å². The first kappa shape index (κ1) is 16.5. The SMILES string of the molecule is Cc1ccc(NCCN(C(C)C)C(C)C)c(C(=O)O)c1. The lowest BCUT2D eigenvalue weighted by atomic mass is 10.1. The van der Waals surface area contributed by atoms with E-state index in [-0.39, 0.29) is 0 Å². The Balaban J connectivity index is 2.68. The zero-order chi connectivity index (χ0) is 15.3. The van der Waals surface area contributed by atoms with E-state index in [0.717, 1.165) is 18.7 Å². The molecule has 0 fully saturated rings. The molecule has 0 saturated carbocycles. The van der Waals surface area contributed by atoms with E-state index < -0.39 is 5.97 Å². The molecule has 0 saturated heterocycles. The first-order valence-corrected chi connectivity index (χ1v) is 7.16. The van der Waals surface area contributed by atoms with Gasteiger partial charge in [0, 0.05) is 30.9 Å². The van der Waals surface area contributed by atoms with Crippen molar-refractivity contribution < 1.29 is 9.90 Å². The summed E-state index contributed by atoms with van der Waals surface area (Å²) in [5, 5.41) is 12.5. The van der Waals surface area contributed by atoms with Crippen molar-refractivity contribution in [3.05, 3.63) is 29.3 Å². The zero-order valence-corrected chi connectivity index (χ0v) is 13.1. The summed E-state index contributed by atoms with van der Waals surface area (Å²) in [6.45, 7) is 12.2. The molecule has 20 heavy (non-hydrogen) atoms. The Hall–Kier alpha value is -1.55. The minimum atomic E-state index is -0.888. The lowest BCUT2D eigenvalue weighted by molar-refractivity contribution is 0.0697. The number of rotatable bonds is 7. The number of carboxylic acid groups (broad SMARTS) is 1. The van der Waals surface area contributed by atoms with Crippen molar-refractivity contribution in [2.75, 3.05) is 18.4 Å². The second kappa shape index (κ2) is 7.29. The number of nitrogens with one attached hydrogen (secondary N) is 1. The van der Waals surface area contributed by atoms with E-state index in [1.54, 1.807) is 6.07 Å². The highest BCUT2D eigenvalue weighted by atomic mass is 16.4. The third kappa shape index (κ3) is 4.53. The normalized spacial score (nSPS) is 11.4. The van der Waals surface area contributed by atoms with Crippen LogP contribution in [0.5, 0.6) is 0 Å². The van der Waals surface area contributed by atoms with Crippen LogP contribution in [0.1, 0.15) is 43.6 Å². The Morgan fingerprint density at radius 3 is 2.35 bits per heavy atom. The fourth-order valence-corrected chi connectivity index (χ4v) is 2.42. The standard InChI is InChI=1S/C16H26N2O2/c1-11(2)18(12(3)4)9-8-17-15-7-6-13(5)10-14(15)16(19)20/h6-7,10-12,17H,8-9H2,1-5H3,(H,19,20). The molecule has 4 nitrogen and oxygen atoms in total. The molecule has 0 aliphatic carbocycles. The average Bonchev–Trinajstić information content (AvgIpc) is 2.34. The van der Waals surface area contributed by atoms with Crippen LogP contribution in [-0.4, -0.2) is 41.1 Å². The molecule has 2 N–H and O–H groups in total. The Morgan fingerprint density at radius 1 is 1.25 bits per heavy atom. The van der Waals surface area contributed by atoms with Gasteiger partial charge in [-0.1, -0.05) is 11.6 Å². The summed E-state index contributed by atoms with van der Waals surface area (Å²) in [7, 11) is 0. The summed E-state index contributed by atoms with van der Waals surface area (Å²) in [4.78, 5) is 13.6. The molecule has 4 heteroatoms. The minimum absolute atomic E-state index is 0.339. The largest absolute Gasteiger partial charge is 0.478 e. The molecule has 1 rings (SSSR count). The predicted molar refractivity (Wildman–Crippen MR) is 83.6 cm³/mol. The summed E-state index contributed by atoms with van der Waals surface area (Å²) >= 11 is 0. The number of benzene rings is 1. The van der Waals surface area contributed by atoms with Crippen molar-refractivity contribution in [3.63, 3.8) is 0 Å². The molecule has 0 spiro atoms. The van der Waals surface area contributed by atoms with Gasteiger partial charge in [0.1, 0.15) is 0 Å². The number of hydrogen-bond donors (Lipinski definition) is 2. The lowest BCUT2D eigenvalue weighted by Crippen LogP contribution is -2.40. The molecule has 0 unspecified atom stereocenters. The quantitative estimate of drug-likeness (QED) is 0.804. The van der Waals surface area contributed by atoms with Gasteiger partial charge in [-0.15, -0.1) is 0 Å². The highest BCUT2D eigenvalue weighted by molar-refractivity contribution is 5.94. The van der Waals surface area contributed by atoms with Gasteiger partial charge in [-0.05, 0) is 46.8 Å². The van der Waals surface area contributed by atoms with Gasteiger partial charge in [-0.3, -0.25) is 4.90 Å². The summed E-state index contributed by atoms with van der Waals surface area (Å²) in [5.74, 6) is -0.888. The van der Waals surface area contributed by atoms with E-state index in [9.17, 15) is 9.90 Å². The van der Waals surface area contributed by atoms with Crippen LogP contribution < -0.4 is 5.32 Å². The van der Waals surface area contributed by atoms with E-state index in [0.29, 0.717) is 23.3 Å². The molecule has 0 heterocycles. The van der Waals surface area contributed by atoms with Crippen LogP contribution in [-0.2, 0) is 0 Å². The first-order chi connectivity index (χ1) is 9.32. The van der Waals surface area contributed by atoms with Crippen LogP contribution in [0.25, 0.3) is 0 Å². The summed E-state index contributed by atoms with van der Waals surface area (Å²) in [6, 6.07) is 6.43. The Morgan fingerprint density at radius 2 is 1.85 bits per heavy atom. The monoisotopic (exact) mass is 278 g/mol. The van der Waals surface area contributed by atoms with Crippen LogP contribution in [0.15, 0.2) is 18.2 Å². The number of aromatic carboxylic acids is 1. The van der Waals surface area contributed by atoms with Gasteiger partial charge in [-0.25, -0.2) is 4.79 Å². The highest BCUT2D eigenvalue weighted by Crippen LogP contribution is 2.17. The molecule has 0 bridgehead atoms. The molecule has 0 aliphatic rings. The number of carbonyl (C=O) groups is 1. The average molecular weight is 278 g/mol. The Kier molecular flexibility index (Phi) is 6.02. The fourth-order valence-electron chi connectivity index (χ4n) is 2.42. The smallest absolute Gasteiger partial charge is 0.337 e. The molecular formula is C16H26N2O2. The predicted octanol–water partition coefficient (Wildman–Crippen LogP) is 3.22. The van der Waals surface area contributed by atoms with Crippen molar-refractivity contribution >= 4 is 11.7 Å². The van der Waals surface area contributed by atoms with Crippen LogP contribution in [0, 0.1) is 6.92 Å². The van der Waals surface area contributed by atoms with Crippen LogP contribution in [0.4, 0.5) is 5.69 Å². The zero-order valence-electron chi connectivity index (χ0n) is 13.1. The van der Waals surface area contributed by atoms with Crippen LogP contribution in [0.2, 0.25) is 0 Å². The number of carboxylic acids is 1. The van der Waals surface area contributed by atoms with E-state index in [4.69, 9.17) is 0 Å². The summed E-state index contributed by atoms with van der Waals surface area (Å²) in [5.41, 5.74) is 1.99. The fraction of sp³-hybridized carbons (Fsp3) is 0.562. The Bertz CT molecular complexity index is 448. The third-order valence-corrected chi connectivity index (χ3v) is 3.42. The third-order valence-electron chi connectivity index (χ3n) is 3.42. The van der Waals surface area contributed by atoms with Gasteiger partial charge < -0.3 is 10.4 Å². The van der Waals surface area contributed by atoms with Crippen molar-refractivity contribution in [3.8, 4) is 0 Å².